The zero-order chi connectivity index (χ0) is 17.7. The predicted molar refractivity (Wildman–Crippen MR) is 90.0 cm³/mol. The van der Waals surface area contributed by atoms with Gasteiger partial charge in [-0.2, -0.15) is 0 Å². The Kier molecular flexibility index (Phi) is 6.06. The number of hydrogen-bond acceptors (Lipinski definition) is 5. The summed E-state index contributed by atoms with van der Waals surface area (Å²) in [6.07, 6.45) is 2.01. The van der Waals surface area contributed by atoms with Crippen molar-refractivity contribution in [3.05, 3.63) is 17.7 Å². The van der Waals surface area contributed by atoms with Crippen molar-refractivity contribution < 1.29 is 23.8 Å². The van der Waals surface area contributed by atoms with Crippen LogP contribution < -0.4 is 14.2 Å². The Labute approximate surface area is 142 Å². The molecule has 6 heteroatoms. The number of ketones is 1. The maximum atomic E-state index is 12.8. The third-order valence-electron chi connectivity index (χ3n) is 4.50. The SMILES string of the molecule is CCC(=O)C1CCN(C(=O)c2cc(OC)c(OC)c(OC)c2)CC1. The lowest BCUT2D eigenvalue weighted by atomic mass is 9.91. The standard InChI is InChI=1S/C18H25NO5/c1-5-14(20)12-6-8-19(9-7-12)18(21)13-10-15(22-2)17(24-4)16(11-13)23-3/h10-12H,5-9H2,1-4H3. The molecule has 0 aromatic heterocycles. The van der Waals surface area contributed by atoms with Crippen molar-refractivity contribution in [3.8, 4) is 17.2 Å². The molecule has 1 saturated heterocycles. The van der Waals surface area contributed by atoms with Crippen LogP contribution in [0.1, 0.15) is 36.5 Å². The molecule has 0 atom stereocenters. The molecule has 1 aliphatic rings. The molecule has 1 aromatic rings. The first kappa shape index (κ1) is 18.1. The fraction of sp³-hybridized carbons (Fsp3) is 0.556. The molecule has 24 heavy (non-hydrogen) atoms. The molecule has 2 rings (SSSR count). The minimum atomic E-state index is -0.0864. The third-order valence-corrected chi connectivity index (χ3v) is 4.50. The van der Waals surface area contributed by atoms with Crippen molar-refractivity contribution in [3.63, 3.8) is 0 Å². The Hall–Kier alpha value is -2.24. The number of ether oxygens (including phenoxy) is 3. The number of piperidine rings is 1. The Morgan fingerprint density at radius 1 is 1.04 bits per heavy atom. The van der Waals surface area contributed by atoms with E-state index >= 15 is 0 Å². The third kappa shape index (κ3) is 3.63. The van der Waals surface area contributed by atoms with Crippen molar-refractivity contribution in [2.24, 2.45) is 5.92 Å². The van der Waals surface area contributed by atoms with Gasteiger partial charge >= 0.3 is 0 Å². The number of likely N-dealkylation sites (tertiary alicyclic amines) is 1. The molecule has 1 aliphatic heterocycles. The number of hydrogen-bond donors (Lipinski definition) is 0. The number of methoxy groups -OCH3 is 3. The van der Waals surface area contributed by atoms with Crippen LogP contribution in [0.2, 0.25) is 0 Å². The van der Waals surface area contributed by atoms with Crippen LogP contribution in [0.3, 0.4) is 0 Å². The molecule has 1 heterocycles. The van der Waals surface area contributed by atoms with Crippen LogP contribution in [-0.2, 0) is 4.79 Å². The van der Waals surface area contributed by atoms with Gasteiger partial charge in [0, 0.05) is 31.0 Å². The highest BCUT2D eigenvalue weighted by Gasteiger charge is 2.28. The van der Waals surface area contributed by atoms with Crippen molar-refractivity contribution in [1.29, 1.82) is 0 Å². The fourth-order valence-electron chi connectivity index (χ4n) is 3.08. The zero-order valence-corrected chi connectivity index (χ0v) is 14.8. The van der Waals surface area contributed by atoms with Gasteiger partial charge in [0.2, 0.25) is 5.75 Å². The van der Waals surface area contributed by atoms with Gasteiger partial charge in [-0.1, -0.05) is 6.92 Å². The van der Waals surface area contributed by atoms with Gasteiger partial charge in [0.1, 0.15) is 5.78 Å². The Bertz CT molecular complexity index is 580. The molecule has 0 N–H and O–H groups in total. The average molecular weight is 335 g/mol. The molecule has 0 unspecified atom stereocenters. The first-order valence-electron chi connectivity index (χ1n) is 8.17. The summed E-state index contributed by atoms with van der Waals surface area (Å²) < 4.78 is 15.9. The van der Waals surface area contributed by atoms with E-state index < -0.39 is 0 Å². The summed E-state index contributed by atoms with van der Waals surface area (Å²) in [6.45, 7) is 3.06. The second kappa shape index (κ2) is 8.04. The van der Waals surface area contributed by atoms with E-state index in [1.807, 2.05) is 6.92 Å². The monoisotopic (exact) mass is 335 g/mol. The highest BCUT2D eigenvalue weighted by Crippen LogP contribution is 2.38. The Morgan fingerprint density at radius 2 is 1.58 bits per heavy atom. The van der Waals surface area contributed by atoms with Crippen LogP contribution in [0.5, 0.6) is 17.2 Å². The number of amides is 1. The number of rotatable bonds is 6. The van der Waals surface area contributed by atoms with E-state index in [0.29, 0.717) is 42.3 Å². The number of carbonyl (C=O) groups excluding carboxylic acids is 2. The van der Waals surface area contributed by atoms with Crippen molar-refractivity contribution >= 4 is 11.7 Å². The van der Waals surface area contributed by atoms with Gasteiger partial charge in [-0.25, -0.2) is 0 Å². The van der Waals surface area contributed by atoms with Gasteiger partial charge in [-0.15, -0.1) is 0 Å². The second-order valence-corrected chi connectivity index (χ2v) is 5.80. The second-order valence-electron chi connectivity index (χ2n) is 5.80. The summed E-state index contributed by atoms with van der Waals surface area (Å²) in [7, 11) is 4.57. The van der Waals surface area contributed by atoms with Gasteiger partial charge in [0.05, 0.1) is 21.3 Å². The fourth-order valence-corrected chi connectivity index (χ4v) is 3.08. The van der Waals surface area contributed by atoms with Crippen LogP contribution >= 0.6 is 0 Å². The largest absolute Gasteiger partial charge is 0.493 e. The van der Waals surface area contributed by atoms with Crippen LogP contribution in [0, 0.1) is 5.92 Å². The summed E-state index contributed by atoms with van der Waals surface area (Å²) in [5.74, 6) is 1.65. The summed E-state index contributed by atoms with van der Waals surface area (Å²) >= 11 is 0. The number of Topliss-reactive ketones (excluding diaryl/α,β-unsaturated/α-hetero) is 1. The van der Waals surface area contributed by atoms with Crippen LogP contribution in [0.15, 0.2) is 12.1 Å². The summed E-state index contributed by atoms with van der Waals surface area (Å²) in [5.41, 5.74) is 0.491. The lowest BCUT2D eigenvalue weighted by molar-refractivity contribution is -0.123. The van der Waals surface area contributed by atoms with Crippen LogP contribution in [0.4, 0.5) is 0 Å². The lowest BCUT2D eigenvalue weighted by Crippen LogP contribution is -2.40. The zero-order valence-electron chi connectivity index (χ0n) is 14.8. The first-order valence-corrected chi connectivity index (χ1v) is 8.17. The molecule has 0 spiro atoms. The Balaban J connectivity index is 2.17. The average Bonchev–Trinajstić information content (AvgIpc) is 2.65. The molecule has 1 aromatic carbocycles. The van der Waals surface area contributed by atoms with Gasteiger partial charge in [-0.05, 0) is 25.0 Å². The molecule has 0 saturated carbocycles. The summed E-state index contributed by atoms with van der Waals surface area (Å²) in [6, 6.07) is 3.32. The minimum absolute atomic E-state index is 0.0824. The number of carbonyl (C=O) groups is 2. The molecule has 0 radical (unpaired) electrons. The summed E-state index contributed by atoms with van der Waals surface area (Å²) in [5, 5.41) is 0. The lowest BCUT2D eigenvalue weighted by Gasteiger charge is -2.31. The molecule has 0 aliphatic carbocycles. The molecule has 132 valence electrons. The quantitative estimate of drug-likeness (QED) is 0.799. The maximum absolute atomic E-state index is 12.8. The first-order chi connectivity index (χ1) is 11.5. The summed E-state index contributed by atoms with van der Waals surface area (Å²) in [4.78, 5) is 26.3. The van der Waals surface area contributed by atoms with Crippen molar-refractivity contribution in [2.75, 3.05) is 34.4 Å². The van der Waals surface area contributed by atoms with E-state index in [4.69, 9.17) is 14.2 Å². The van der Waals surface area contributed by atoms with Gasteiger partial charge in [0.15, 0.2) is 11.5 Å². The number of nitrogens with zero attached hydrogens (tertiary/aromatic N) is 1. The molecule has 6 nitrogen and oxygen atoms in total. The highest BCUT2D eigenvalue weighted by molar-refractivity contribution is 5.96. The van der Waals surface area contributed by atoms with Gasteiger partial charge in [0.25, 0.3) is 5.91 Å². The van der Waals surface area contributed by atoms with Gasteiger partial charge < -0.3 is 19.1 Å². The minimum Gasteiger partial charge on any atom is -0.493 e. The van der Waals surface area contributed by atoms with E-state index in [-0.39, 0.29) is 17.6 Å². The molecule has 1 amide bonds. The van der Waals surface area contributed by atoms with E-state index in [2.05, 4.69) is 0 Å². The normalized spacial score (nSPS) is 15.1. The topological polar surface area (TPSA) is 65.1 Å². The predicted octanol–water partition coefficient (Wildman–Crippen LogP) is 2.54. The van der Waals surface area contributed by atoms with Crippen LogP contribution in [-0.4, -0.2) is 51.0 Å². The van der Waals surface area contributed by atoms with E-state index in [9.17, 15) is 9.59 Å². The van der Waals surface area contributed by atoms with Crippen molar-refractivity contribution in [1.82, 2.24) is 4.90 Å². The highest BCUT2D eigenvalue weighted by atomic mass is 16.5. The molecular formula is C18H25NO5. The number of benzene rings is 1. The van der Waals surface area contributed by atoms with E-state index in [0.717, 1.165) is 12.8 Å². The smallest absolute Gasteiger partial charge is 0.254 e. The van der Waals surface area contributed by atoms with Gasteiger partial charge in [-0.3, -0.25) is 9.59 Å². The molecule has 0 bridgehead atoms. The van der Waals surface area contributed by atoms with E-state index in [1.165, 1.54) is 21.3 Å². The Morgan fingerprint density at radius 3 is 2.00 bits per heavy atom. The maximum Gasteiger partial charge on any atom is 0.254 e. The van der Waals surface area contributed by atoms with E-state index in [1.54, 1.807) is 17.0 Å². The van der Waals surface area contributed by atoms with Crippen LogP contribution in [0.25, 0.3) is 0 Å². The molecular weight excluding hydrogens is 310 g/mol. The molecule has 1 fully saturated rings. The van der Waals surface area contributed by atoms with Crippen molar-refractivity contribution in [2.45, 2.75) is 26.2 Å².